The normalized spacial score (nSPS) is 14.9. The fourth-order valence-electron chi connectivity index (χ4n) is 4.02. The molecule has 0 fully saturated rings. The number of anilines is 2. The molecule has 1 unspecified atom stereocenters. The van der Waals surface area contributed by atoms with Gasteiger partial charge in [0, 0.05) is 37.9 Å². The van der Waals surface area contributed by atoms with Crippen LogP contribution >= 0.6 is 0 Å². The average Bonchev–Trinajstić information content (AvgIpc) is 3.33. The highest BCUT2D eigenvalue weighted by molar-refractivity contribution is 6.05. The van der Waals surface area contributed by atoms with E-state index in [1.807, 2.05) is 30.3 Å². The Morgan fingerprint density at radius 2 is 1.97 bits per heavy atom. The van der Waals surface area contributed by atoms with Crippen LogP contribution < -0.4 is 10.2 Å². The Kier molecular flexibility index (Phi) is 5.80. The Labute approximate surface area is 182 Å². The number of amides is 2. The van der Waals surface area contributed by atoms with Gasteiger partial charge < -0.3 is 19.5 Å². The molecule has 0 aliphatic carbocycles. The van der Waals surface area contributed by atoms with Crippen LogP contribution in [0, 0.1) is 0 Å². The van der Waals surface area contributed by atoms with Crippen LogP contribution in [0.15, 0.2) is 65.3 Å². The summed E-state index contributed by atoms with van der Waals surface area (Å²) in [6.45, 7) is 4.75. The summed E-state index contributed by atoms with van der Waals surface area (Å²) in [5, 5.41) is 2.96. The molecule has 4 rings (SSSR count). The van der Waals surface area contributed by atoms with E-state index in [1.165, 1.54) is 18.2 Å². The van der Waals surface area contributed by atoms with Crippen LogP contribution in [0.2, 0.25) is 0 Å². The van der Waals surface area contributed by atoms with E-state index >= 15 is 0 Å². The SMILES string of the molecule is CC(=O)N(C)Cc1cccc(NC(=O)c2ccoc2CN2c3ccccc3CC2C)c1. The minimum Gasteiger partial charge on any atom is -0.467 e. The average molecular weight is 418 g/mol. The zero-order valence-electron chi connectivity index (χ0n) is 18.1. The lowest BCUT2D eigenvalue weighted by Crippen LogP contribution is -2.29. The van der Waals surface area contributed by atoms with Gasteiger partial charge in [-0.15, -0.1) is 0 Å². The third-order valence-electron chi connectivity index (χ3n) is 5.79. The first-order chi connectivity index (χ1) is 14.9. The van der Waals surface area contributed by atoms with E-state index in [4.69, 9.17) is 4.42 Å². The standard InChI is InChI=1S/C25H27N3O3/c1-17-13-20-8-4-5-10-23(20)28(17)16-24-22(11-12-31-24)25(30)26-21-9-6-7-19(14-21)15-27(3)18(2)29/h4-12,14,17H,13,15-16H2,1-3H3,(H,26,30). The number of benzene rings is 2. The third kappa shape index (κ3) is 4.48. The number of hydrogen-bond acceptors (Lipinski definition) is 4. The Bertz CT molecular complexity index is 1100. The van der Waals surface area contributed by atoms with Gasteiger partial charge in [0.05, 0.1) is 18.4 Å². The fraction of sp³-hybridized carbons (Fsp3) is 0.280. The Balaban J connectivity index is 1.48. The summed E-state index contributed by atoms with van der Waals surface area (Å²) in [6.07, 6.45) is 2.55. The molecule has 1 atom stereocenters. The van der Waals surface area contributed by atoms with Crippen molar-refractivity contribution in [1.29, 1.82) is 0 Å². The van der Waals surface area contributed by atoms with Gasteiger partial charge in [-0.1, -0.05) is 30.3 Å². The molecule has 3 aromatic rings. The van der Waals surface area contributed by atoms with Gasteiger partial charge in [0.2, 0.25) is 5.91 Å². The van der Waals surface area contributed by atoms with E-state index in [0.29, 0.717) is 36.1 Å². The molecule has 6 nitrogen and oxygen atoms in total. The fourth-order valence-corrected chi connectivity index (χ4v) is 4.02. The van der Waals surface area contributed by atoms with Crippen LogP contribution in [-0.2, 0) is 24.3 Å². The second kappa shape index (κ2) is 8.68. The van der Waals surface area contributed by atoms with Gasteiger partial charge in [-0.2, -0.15) is 0 Å². The van der Waals surface area contributed by atoms with Crippen LogP contribution in [0.25, 0.3) is 0 Å². The number of hydrogen-bond donors (Lipinski definition) is 1. The zero-order chi connectivity index (χ0) is 22.0. The van der Waals surface area contributed by atoms with Crippen molar-refractivity contribution in [3.63, 3.8) is 0 Å². The van der Waals surface area contributed by atoms with Gasteiger partial charge >= 0.3 is 0 Å². The van der Waals surface area contributed by atoms with Gasteiger partial charge in [0.1, 0.15) is 5.76 Å². The Hall–Kier alpha value is -3.54. The highest BCUT2D eigenvalue weighted by atomic mass is 16.3. The van der Waals surface area contributed by atoms with E-state index in [9.17, 15) is 9.59 Å². The number of nitrogens with one attached hydrogen (secondary N) is 1. The molecule has 0 spiro atoms. The van der Waals surface area contributed by atoms with Gasteiger partial charge in [0.25, 0.3) is 5.91 Å². The maximum Gasteiger partial charge on any atom is 0.259 e. The first-order valence-electron chi connectivity index (χ1n) is 10.5. The summed E-state index contributed by atoms with van der Waals surface area (Å²) in [6, 6.07) is 18.0. The molecule has 0 bridgehead atoms. The second-order valence-electron chi connectivity index (χ2n) is 8.10. The smallest absolute Gasteiger partial charge is 0.259 e. The lowest BCUT2D eigenvalue weighted by molar-refractivity contribution is -0.128. The third-order valence-corrected chi connectivity index (χ3v) is 5.79. The van der Waals surface area contributed by atoms with Crippen LogP contribution in [0.5, 0.6) is 0 Å². The highest BCUT2D eigenvalue weighted by Gasteiger charge is 2.28. The molecule has 2 amide bonds. The zero-order valence-corrected chi connectivity index (χ0v) is 18.1. The highest BCUT2D eigenvalue weighted by Crippen LogP contribution is 2.33. The van der Waals surface area contributed by atoms with Crippen molar-refractivity contribution in [3.05, 3.63) is 83.3 Å². The molecule has 160 valence electrons. The number of nitrogens with zero attached hydrogens (tertiary/aromatic N) is 2. The van der Waals surface area contributed by atoms with Gasteiger partial charge in [-0.3, -0.25) is 9.59 Å². The summed E-state index contributed by atoms with van der Waals surface area (Å²) >= 11 is 0. The summed E-state index contributed by atoms with van der Waals surface area (Å²) in [5.74, 6) is 0.435. The number of fused-ring (bicyclic) bond motifs is 1. The molecule has 31 heavy (non-hydrogen) atoms. The van der Waals surface area contributed by atoms with Crippen LogP contribution in [0.4, 0.5) is 11.4 Å². The van der Waals surface area contributed by atoms with Gasteiger partial charge in [-0.05, 0) is 48.7 Å². The van der Waals surface area contributed by atoms with Crippen LogP contribution in [0.3, 0.4) is 0 Å². The molecule has 6 heteroatoms. The Morgan fingerprint density at radius 1 is 1.16 bits per heavy atom. The molecular weight excluding hydrogens is 390 g/mol. The molecule has 1 N–H and O–H groups in total. The van der Waals surface area contributed by atoms with Crippen molar-refractivity contribution >= 4 is 23.2 Å². The van der Waals surface area contributed by atoms with E-state index in [-0.39, 0.29) is 11.8 Å². The van der Waals surface area contributed by atoms with Crippen molar-refractivity contribution in [1.82, 2.24) is 4.90 Å². The van der Waals surface area contributed by atoms with Crippen molar-refractivity contribution in [2.75, 3.05) is 17.3 Å². The summed E-state index contributed by atoms with van der Waals surface area (Å²) < 4.78 is 5.70. The van der Waals surface area contributed by atoms with Crippen LogP contribution in [-0.4, -0.2) is 29.8 Å². The van der Waals surface area contributed by atoms with E-state index in [1.54, 1.807) is 24.3 Å². The predicted molar refractivity (Wildman–Crippen MR) is 121 cm³/mol. The number of carbonyl (C=O) groups is 2. The van der Waals surface area contributed by atoms with Crippen LogP contribution in [0.1, 0.15) is 41.1 Å². The maximum absolute atomic E-state index is 13.0. The lowest BCUT2D eigenvalue weighted by Gasteiger charge is -2.24. The second-order valence-corrected chi connectivity index (χ2v) is 8.10. The van der Waals surface area contributed by atoms with Crippen molar-refractivity contribution in [2.45, 2.75) is 39.4 Å². The molecule has 1 aromatic heterocycles. The van der Waals surface area contributed by atoms with E-state index < -0.39 is 0 Å². The first kappa shape index (κ1) is 20.7. The minimum absolute atomic E-state index is 0.00445. The van der Waals surface area contributed by atoms with Crippen molar-refractivity contribution in [3.8, 4) is 0 Å². The number of rotatable bonds is 6. The largest absolute Gasteiger partial charge is 0.467 e. The number of furan rings is 1. The molecule has 0 radical (unpaired) electrons. The van der Waals surface area contributed by atoms with Gasteiger partial charge in [0.15, 0.2) is 0 Å². The van der Waals surface area contributed by atoms with Gasteiger partial charge in [-0.25, -0.2) is 0 Å². The quantitative estimate of drug-likeness (QED) is 0.643. The summed E-state index contributed by atoms with van der Waals surface area (Å²) in [5.41, 5.74) is 4.68. The van der Waals surface area contributed by atoms with Crippen molar-refractivity contribution in [2.24, 2.45) is 0 Å². The molecule has 0 saturated heterocycles. The summed E-state index contributed by atoms with van der Waals surface area (Å²) in [4.78, 5) is 28.4. The maximum atomic E-state index is 13.0. The topological polar surface area (TPSA) is 65.8 Å². The molecule has 1 aliphatic heterocycles. The number of para-hydroxylation sites is 1. The molecule has 2 aromatic carbocycles. The predicted octanol–water partition coefficient (Wildman–Crippen LogP) is 4.46. The molecule has 1 aliphatic rings. The monoisotopic (exact) mass is 417 g/mol. The molecular formula is C25H27N3O3. The summed E-state index contributed by atoms with van der Waals surface area (Å²) in [7, 11) is 1.75. The number of carbonyl (C=O) groups excluding carboxylic acids is 2. The minimum atomic E-state index is -0.207. The Morgan fingerprint density at radius 3 is 2.77 bits per heavy atom. The molecule has 2 heterocycles. The van der Waals surface area contributed by atoms with E-state index in [2.05, 4.69) is 35.3 Å². The first-order valence-corrected chi connectivity index (χ1v) is 10.5. The lowest BCUT2D eigenvalue weighted by atomic mass is 10.1. The van der Waals surface area contributed by atoms with Crippen molar-refractivity contribution < 1.29 is 14.0 Å². The molecule has 0 saturated carbocycles. The van der Waals surface area contributed by atoms with E-state index in [0.717, 1.165) is 12.0 Å².